The van der Waals surface area contributed by atoms with Crippen LogP contribution >= 0.6 is 22.9 Å². The molecule has 1 aliphatic heterocycles. The molecule has 0 bridgehead atoms. The number of urea groups is 1. The first-order valence-corrected chi connectivity index (χ1v) is 11.2. The molecular weight excluding hydrogens is 440 g/mol. The Balaban J connectivity index is 1.61. The minimum atomic E-state index is -0.731. The zero-order chi connectivity index (χ0) is 22.4. The molecule has 8 nitrogen and oxygen atoms in total. The van der Waals surface area contributed by atoms with Gasteiger partial charge in [0.2, 0.25) is 17.7 Å². The number of nitrogens with zero attached hydrogens (tertiary/aromatic N) is 1. The second-order valence-corrected chi connectivity index (χ2v) is 8.77. The molecule has 5 amide bonds. The monoisotopic (exact) mass is 462 g/mol. The van der Waals surface area contributed by atoms with Gasteiger partial charge in [0.25, 0.3) is 0 Å². The lowest BCUT2D eigenvalue weighted by Gasteiger charge is -2.25. The minimum Gasteiger partial charge on any atom is -0.326 e. The summed E-state index contributed by atoms with van der Waals surface area (Å²) in [6, 6.07) is 8.61. The lowest BCUT2D eigenvalue weighted by molar-refractivity contribution is -0.129. The van der Waals surface area contributed by atoms with E-state index in [2.05, 4.69) is 16.0 Å². The van der Waals surface area contributed by atoms with E-state index in [1.165, 1.54) is 16.2 Å². The molecule has 2 heterocycles. The van der Waals surface area contributed by atoms with Crippen LogP contribution in [0.1, 0.15) is 39.0 Å². The van der Waals surface area contributed by atoms with Gasteiger partial charge in [-0.15, -0.1) is 11.3 Å². The number of hydrogen-bond acceptors (Lipinski definition) is 5. The first-order valence-electron chi connectivity index (χ1n) is 9.97. The molecule has 1 atom stereocenters. The Morgan fingerprint density at radius 2 is 1.74 bits per heavy atom. The molecule has 2 aromatic rings. The predicted molar refractivity (Wildman–Crippen MR) is 122 cm³/mol. The van der Waals surface area contributed by atoms with Gasteiger partial charge < -0.3 is 10.6 Å². The number of nitrogens with one attached hydrogen (secondary N) is 3. The van der Waals surface area contributed by atoms with Gasteiger partial charge in [-0.05, 0) is 49.2 Å². The summed E-state index contributed by atoms with van der Waals surface area (Å²) in [6.07, 6.45) is 2.41. The van der Waals surface area contributed by atoms with Crippen LogP contribution in [-0.4, -0.2) is 29.8 Å². The first-order chi connectivity index (χ1) is 14.9. The molecule has 1 aromatic carbocycles. The van der Waals surface area contributed by atoms with Crippen LogP contribution in [-0.2, 0) is 14.4 Å². The Labute approximate surface area is 188 Å². The van der Waals surface area contributed by atoms with E-state index < -0.39 is 12.1 Å². The summed E-state index contributed by atoms with van der Waals surface area (Å²) in [7, 11) is 0. The van der Waals surface area contributed by atoms with Crippen LogP contribution in [0.5, 0.6) is 0 Å². The molecular formula is C21H23ClN4O4S. The summed E-state index contributed by atoms with van der Waals surface area (Å²) in [5.41, 5.74) is 0.976. The molecule has 3 rings (SSSR count). The van der Waals surface area contributed by atoms with Crippen molar-refractivity contribution >= 4 is 63.1 Å². The molecule has 0 spiro atoms. The van der Waals surface area contributed by atoms with Crippen molar-refractivity contribution < 1.29 is 19.2 Å². The van der Waals surface area contributed by atoms with E-state index in [9.17, 15) is 19.2 Å². The number of halogens is 1. The van der Waals surface area contributed by atoms with Crippen molar-refractivity contribution in [1.29, 1.82) is 0 Å². The maximum atomic E-state index is 12.7. The highest BCUT2D eigenvalue weighted by Gasteiger charge is 2.27. The molecule has 1 fully saturated rings. The quantitative estimate of drug-likeness (QED) is 0.531. The summed E-state index contributed by atoms with van der Waals surface area (Å²) in [6.45, 7) is 1.92. The van der Waals surface area contributed by atoms with Gasteiger partial charge in [0, 0.05) is 18.5 Å². The van der Waals surface area contributed by atoms with Gasteiger partial charge in [0.15, 0.2) is 0 Å². The van der Waals surface area contributed by atoms with Crippen molar-refractivity contribution in [3.05, 3.63) is 40.7 Å². The van der Waals surface area contributed by atoms with Gasteiger partial charge in [-0.2, -0.15) is 0 Å². The van der Waals surface area contributed by atoms with E-state index >= 15 is 0 Å². The number of thiophene rings is 1. The molecule has 1 saturated heterocycles. The molecule has 3 N–H and O–H groups in total. The summed E-state index contributed by atoms with van der Waals surface area (Å²) >= 11 is 7.08. The Morgan fingerprint density at radius 1 is 1.06 bits per heavy atom. The fraction of sp³-hybridized carbons (Fsp3) is 0.333. The summed E-state index contributed by atoms with van der Waals surface area (Å²) in [5.74, 6) is -0.810. The molecule has 10 heteroatoms. The van der Waals surface area contributed by atoms with Gasteiger partial charge in [-0.3, -0.25) is 24.6 Å². The van der Waals surface area contributed by atoms with Gasteiger partial charge in [0.05, 0.1) is 15.0 Å². The van der Waals surface area contributed by atoms with Gasteiger partial charge in [0.1, 0.15) is 6.04 Å². The number of imide groups is 1. The zero-order valence-corrected chi connectivity index (χ0v) is 18.5. The molecule has 1 aliphatic rings. The minimum absolute atomic E-state index is 0.224. The largest absolute Gasteiger partial charge is 0.326 e. The third-order valence-corrected chi connectivity index (χ3v) is 5.83. The van der Waals surface area contributed by atoms with Crippen molar-refractivity contribution in [2.75, 3.05) is 15.5 Å². The van der Waals surface area contributed by atoms with Crippen LogP contribution in [0.25, 0.3) is 0 Å². The normalized spacial score (nSPS) is 14.8. The third kappa shape index (κ3) is 6.05. The fourth-order valence-electron chi connectivity index (χ4n) is 3.21. The summed E-state index contributed by atoms with van der Waals surface area (Å²) in [5, 5.41) is 8.68. The lowest BCUT2D eigenvalue weighted by atomic mass is 10.1. The number of anilines is 3. The molecule has 1 aromatic heterocycles. The highest BCUT2D eigenvalue weighted by atomic mass is 35.5. The Hall–Kier alpha value is -2.91. The van der Waals surface area contributed by atoms with Gasteiger partial charge in [-0.25, -0.2) is 4.79 Å². The number of piperidine rings is 1. The van der Waals surface area contributed by atoms with Crippen molar-refractivity contribution in [2.24, 2.45) is 0 Å². The molecule has 0 saturated carbocycles. The second kappa shape index (κ2) is 10.4. The van der Waals surface area contributed by atoms with E-state index in [1.807, 2.05) is 6.92 Å². The fourth-order valence-corrected chi connectivity index (χ4v) is 4.15. The van der Waals surface area contributed by atoms with Crippen molar-refractivity contribution in [3.63, 3.8) is 0 Å². The molecule has 0 unspecified atom stereocenters. The average Bonchev–Trinajstić information content (AvgIpc) is 3.13. The van der Waals surface area contributed by atoms with Crippen LogP contribution in [0.4, 0.5) is 21.2 Å². The van der Waals surface area contributed by atoms with Crippen molar-refractivity contribution in [3.8, 4) is 0 Å². The Morgan fingerprint density at radius 3 is 2.32 bits per heavy atom. The Kier molecular flexibility index (Phi) is 7.64. The maximum Gasteiger partial charge on any atom is 0.320 e. The molecule has 164 valence electrons. The van der Waals surface area contributed by atoms with Crippen LogP contribution in [0.2, 0.25) is 4.34 Å². The summed E-state index contributed by atoms with van der Waals surface area (Å²) < 4.78 is 0.551. The second-order valence-electron chi connectivity index (χ2n) is 7.06. The van der Waals surface area contributed by atoms with Gasteiger partial charge in [-0.1, -0.05) is 24.9 Å². The highest BCUT2D eigenvalue weighted by Crippen LogP contribution is 2.26. The third-order valence-electron chi connectivity index (χ3n) is 4.68. The van der Waals surface area contributed by atoms with E-state index in [0.29, 0.717) is 52.8 Å². The highest BCUT2D eigenvalue weighted by molar-refractivity contribution is 7.20. The molecule has 0 aliphatic carbocycles. The smallest absolute Gasteiger partial charge is 0.320 e. The van der Waals surface area contributed by atoms with Crippen LogP contribution in [0.15, 0.2) is 36.4 Å². The van der Waals surface area contributed by atoms with E-state index in [0.717, 1.165) is 0 Å². The van der Waals surface area contributed by atoms with Gasteiger partial charge >= 0.3 is 6.03 Å². The zero-order valence-electron chi connectivity index (χ0n) is 16.9. The van der Waals surface area contributed by atoms with Crippen molar-refractivity contribution in [2.45, 2.75) is 45.1 Å². The first kappa shape index (κ1) is 22.8. The number of rotatable bonds is 7. The van der Waals surface area contributed by atoms with Crippen LogP contribution < -0.4 is 20.9 Å². The topological polar surface area (TPSA) is 108 Å². The van der Waals surface area contributed by atoms with Crippen LogP contribution in [0, 0.1) is 0 Å². The lowest BCUT2D eigenvalue weighted by Crippen LogP contribution is -2.45. The Bertz CT molecular complexity index is 960. The maximum absolute atomic E-state index is 12.7. The number of hydrogen-bond donors (Lipinski definition) is 3. The number of carbonyl (C=O) groups is 4. The number of benzene rings is 1. The molecule has 31 heavy (non-hydrogen) atoms. The average molecular weight is 463 g/mol. The summed E-state index contributed by atoms with van der Waals surface area (Å²) in [4.78, 5) is 50.2. The number of amides is 5. The van der Waals surface area contributed by atoms with E-state index in [-0.39, 0.29) is 17.7 Å². The van der Waals surface area contributed by atoms with E-state index in [1.54, 1.807) is 36.4 Å². The van der Waals surface area contributed by atoms with Crippen LogP contribution in [0.3, 0.4) is 0 Å². The van der Waals surface area contributed by atoms with Crippen molar-refractivity contribution in [1.82, 2.24) is 5.32 Å². The predicted octanol–water partition coefficient (Wildman–Crippen LogP) is 4.37. The SMILES string of the molecule is CCC[C@@H](NC(=O)Nc1ccc(Cl)s1)C(=O)Nc1ccc(N2C(=O)CCCC2=O)cc1. The standard InChI is InChI=1S/C21H23ClN4O4S/c1-2-4-15(24-21(30)25-17-12-11-16(22)31-17)20(29)23-13-7-9-14(10-8-13)26-18(27)5-3-6-19(26)28/h7-12,15H,2-6H2,1H3,(H,23,29)(H2,24,25,30)/t15-/m1/s1. The van der Waals surface area contributed by atoms with E-state index in [4.69, 9.17) is 11.6 Å². The molecule has 0 radical (unpaired) electrons. The number of carbonyl (C=O) groups excluding carboxylic acids is 4.